The third-order valence-corrected chi connectivity index (χ3v) is 3.53. The van der Waals surface area contributed by atoms with Gasteiger partial charge in [0, 0.05) is 17.2 Å². The molecule has 3 aromatic rings. The van der Waals surface area contributed by atoms with Crippen molar-refractivity contribution in [3.63, 3.8) is 0 Å². The Kier molecular flexibility index (Phi) is 3.90. The van der Waals surface area contributed by atoms with E-state index in [2.05, 4.69) is 26.2 Å². The van der Waals surface area contributed by atoms with E-state index in [0.717, 1.165) is 15.8 Å². The summed E-state index contributed by atoms with van der Waals surface area (Å²) in [5.74, 6) is 0.114. The van der Waals surface area contributed by atoms with E-state index >= 15 is 0 Å². The topological polar surface area (TPSA) is 38.6 Å². The van der Waals surface area contributed by atoms with Crippen LogP contribution in [-0.2, 0) is 6.54 Å². The highest BCUT2D eigenvalue weighted by molar-refractivity contribution is 9.10. The predicted octanol–water partition coefficient (Wildman–Crippen LogP) is 3.75. The minimum Gasteiger partial charge on any atom is -0.434 e. The molecule has 6 heteroatoms. The van der Waals surface area contributed by atoms with Crippen LogP contribution in [0.4, 0.5) is 4.39 Å². The quantitative estimate of drug-likeness (QED) is 0.779. The Bertz CT molecular complexity index is 788. The van der Waals surface area contributed by atoms with Crippen LogP contribution in [0.5, 0.6) is 11.6 Å². The van der Waals surface area contributed by atoms with Crippen LogP contribution >= 0.6 is 15.9 Å². The Morgan fingerprint density at radius 3 is 3.00 bits per heavy atom. The number of halogens is 2. The molecule has 0 bridgehead atoms. The molecule has 108 valence electrons. The molecule has 4 nitrogen and oxygen atoms in total. The van der Waals surface area contributed by atoms with Gasteiger partial charge in [0.1, 0.15) is 11.3 Å². The lowest BCUT2D eigenvalue weighted by atomic mass is 10.3. The second-order valence-electron chi connectivity index (χ2n) is 4.50. The Labute approximate surface area is 129 Å². The fraction of sp³-hybridized carbons (Fsp3) is 0.133. The fourth-order valence-electron chi connectivity index (χ4n) is 2.09. The van der Waals surface area contributed by atoms with Crippen molar-refractivity contribution in [1.29, 1.82) is 0 Å². The van der Waals surface area contributed by atoms with Crippen LogP contribution < -0.4 is 10.1 Å². The number of benzene rings is 1. The summed E-state index contributed by atoms with van der Waals surface area (Å²) >= 11 is 3.31. The molecule has 2 heterocycles. The van der Waals surface area contributed by atoms with Gasteiger partial charge in [-0.15, -0.1) is 0 Å². The Morgan fingerprint density at radius 2 is 2.19 bits per heavy atom. The van der Waals surface area contributed by atoms with Gasteiger partial charge in [0.2, 0.25) is 5.88 Å². The van der Waals surface area contributed by atoms with Gasteiger partial charge in [-0.05, 0) is 37.4 Å². The van der Waals surface area contributed by atoms with E-state index in [-0.39, 0.29) is 5.75 Å². The average Bonchev–Trinajstić information content (AvgIpc) is 2.81. The van der Waals surface area contributed by atoms with E-state index < -0.39 is 5.82 Å². The van der Waals surface area contributed by atoms with Gasteiger partial charge in [-0.2, -0.15) is 4.98 Å². The molecule has 0 aliphatic rings. The molecule has 1 N–H and O–H groups in total. The molecule has 3 rings (SSSR count). The number of hydrogen-bond donors (Lipinski definition) is 1. The van der Waals surface area contributed by atoms with E-state index in [1.165, 1.54) is 6.07 Å². The van der Waals surface area contributed by atoms with Crippen LogP contribution in [0.1, 0.15) is 5.69 Å². The second kappa shape index (κ2) is 5.83. The van der Waals surface area contributed by atoms with E-state index in [1.807, 2.05) is 35.8 Å². The first-order valence-electron chi connectivity index (χ1n) is 6.42. The Hall–Kier alpha value is -1.92. The lowest BCUT2D eigenvalue weighted by Crippen LogP contribution is -2.08. The first kappa shape index (κ1) is 14.0. The highest BCUT2D eigenvalue weighted by Crippen LogP contribution is 2.29. The van der Waals surface area contributed by atoms with Crippen molar-refractivity contribution < 1.29 is 9.13 Å². The van der Waals surface area contributed by atoms with Crippen molar-refractivity contribution in [1.82, 2.24) is 14.7 Å². The SMILES string of the molecule is CNCc1c(Oc2cc(Br)ccc2F)nc2ccccn12. The average molecular weight is 350 g/mol. The van der Waals surface area contributed by atoms with E-state index in [0.29, 0.717) is 12.4 Å². The number of ether oxygens (including phenoxy) is 1. The molecular formula is C15H13BrFN3O. The molecule has 0 amide bonds. The number of nitrogens with one attached hydrogen (secondary N) is 1. The number of fused-ring (bicyclic) bond motifs is 1. The van der Waals surface area contributed by atoms with Gasteiger partial charge in [0.15, 0.2) is 11.6 Å². The first-order chi connectivity index (χ1) is 10.2. The summed E-state index contributed by atoms with van der Waals surface area (Å²) in [6.07, 6.45) is 1.90. The van der Waals surface area contributed by atoms with Crippen molar-refractivity contribution in [3.05, 3.63) is 58.6 Å². The highest BCUT2D eigenvalue weighted by Gasteiger charge is 2.15. The number of hydrogen-bond acceptors (Lipinski definition) is 3. The van der Waals surface area contributed by atoms with E-state index in [1.54, 1.807) is 12.1 Å². The molecule has 0 aliphatic carbocycles. The molecular weight excluding hydrogens is 337 g/mol. The number of aromatic nitrogens is 2. The van der Waals surface area contributed by atoms with Crippen LogP contribution in [0.15, 0.2) is 47.1 Å². The molecule has 21 heavy (non-hydrogen) atoms. The van der Waals surface area contributed by atoms with Gasteiger partial charge >= 0.3 is 0 Å². The summed E-state index contributed by atoms with van der Waals surface area (Å²) in [6.45, 7) is 0.566. The van der Waals surface area contributed by atoms with Crippen molar-refractivity contribution in [2.75, 3.05) is 7.05 Å². The normalized spacial score (nSPS) is 11.0. The van der Waals surface area contributed by atoms with Crippen LogP contribution in [0.2, 0.25) is 0 Å². The first-order valence-corrected chi connectivity index (χ1v) is 7.22. The van der Waals surface area contributed by atoms with Gasteiger partial charge < -0.3 is 10.1 Å². The minimum atomic E-state index is -0.425. The van der Waals surface area contributed by atoms with Gasteiger partial charge in [-0.3, -0.25) is 4.40 Å². The molecule has 0 aliphatic heterocycles. The monoisotopic (exact) mass is 349 g/mol. The summed E-state index contributed by atoms with van der Waals surface area (Å²) in [7, 11) is 1.84. The third-order valence-electron chi connectivity index (χ3n) is 3.04. The number of rotatable bonds is 4. The van der Waals surface area contributed by atoms with Crippen molar-refractivity contribution >= 4 is 21.6 Å². The maximum atomic E-state index is 13.8. The van der Waals surface area contributed by atoms with Gasteiger partial charge in [-0.25, -0.2) is 4.39 Å². The van der Waals surface area contributed by atoms with Crippen LogP contribution in [0.3, 0.4) is 0 Å². The summed E-state index contributed by atoms with van der Waals surface area (Å²) in [4.78, 5) is 4.42. The Morgan fingerprint density at radius 1 is 1.33 bits per heavy atom. The Balaban J connectivity index is 2.07. The van der Waals surface area contributed by atoms with Gasteiger partial charge in [0.05, 0.1) is 0 Å². The summed E-state index contributed by atoms with van der Waals surface area (Å²) < 4.78 is 22.2. The molecule has 0 fully saturated rings. The van der Waals surface area contributed by atoms with Crippen molar-refractivity contribution in [2.24, 2.45) is 0 Å². The lowest BCUT2D eigenvalue weighted by Gasteiger charge is -2.07. The summed E-state index contributed by atoms with van der Waals surface area (Å²) in [5.41, 5.74) is 1.60. The number of nitrogens with zero attached hydrogens (tertiary/aromatic N) is 2. The molecule has 0 saturated heterocycles. The maximum absolute atomic E-state index is 13.8. The number of pyridine rings is 1. The largest absolute Gasteiger partial charge is 0.434 e. The molecule has 0 radical (unpaired) electrons. The molecule has 0 spiro atoms. The summed E-state index contributed by atoms with van der Waals surface area (Å²) in [5, 5.41) is 3.07. The van der Waals surface area contributed by atoms with Crippen molar-refractivity contribution in [3.8, 4) is 11.6 Å². The zero-order valence-corrected chi connectivity index (χ0v) is 12.9. The number of imidazole rings is 1. The summed E-state index contributed by atoms with van der Waals surface area (Å²) in [6, 6.07) is 10.3. The molecule has 2 aromatic heterocycles. The molecule has 1 aromatic carbocycles. The maximum Gasteiger partial charge on any atom is 0.242 e. The van der Waals surface area contributed by atoms with Gasteiger partial charge in [0.25, 0.3) is 0 Å². The molecule has 0 atom stereocenters. The zero-order chi connectivity index (χ0) is 14.8. The van der Waals surface area contributed by atoms with E-state index in [4.69, 9.17) is 4.74 Å². The standard InChI is InChI=1S/C15H13BrFN3O/c1-18-9-12-15(19-14-4-2-3-7-20(12)14)21-13-8-10(16)5-6-11(13)17/h2-8,18H,9H2,1H3. The molecule has 0 unspecified atom stereocenters. The molecule has 0 saturated carbocycles. The highest BCUT2D eigenvalue weighted by atomic mass is 79.9. The van der Waals surface area contributed by atoms with Crippen LogP contribution in [0, 0.1) is 5.82 Å². The second-order valence-corrected chi connectivity index (χ2v) is 5.42. The minimum absolute atomic E-state index is 0.144. The smallest absolute Gasteiger partial charge is 0.242 e. The predicted molar refractivity (Wildman–Crippen MR) is 82.1 cm³/mol. The van der Waals surface area contributed by atoms with E-state index in [9.17, 15) is 4.39 Å². The fourth-order valence-corrected chi connectivity index (χ4v) is 2.43. The van der Waals surface area contributed by atoms with Gasteiger partial charge in [-0.1, -0.05) is 22.0 Å². The van der Waals surface area contributed by atoms with Crippen LogP contribution in [0.25, 0.3) is 5.65 Å². The van der Waals surface area contributed by atoms with Crippen LogP contribution in [-0.4, -0.2) is 16.4 Å². The third kappa shape index (κ3) is 2.77. The zero-order valence-electron chi connectivity index (χ0n) is 11.3. The lowest BCUT2D eigenvalue weighted by molar-refractivity contribution is 0.423. The van der Waals surface area contributed by atoms with Crippen molar-refractivity contribution in [2.45, 2.75) is 6.54 Å².